The molecular weight excluding hydrogens is 395 g/mol. The van der Waals surface area contributed by atoms with Crippen molar-refractivity contribution in [1.82, 2.24) is 19.6 Å². The molecule has 3 rings (SSSR count). The number of halogens is 4. The molecule has 0 spiro atoms. The number of nitrogens with one attached hydrogen (secondary N) is 1. The Morgan fingerprint density at radius 1 is 1.29 bits per heavy atom. The van der Waals surface area contributed by atoms with E-state index < -0.39 is 17.3 Å². The van der Waals surface area contributed by atoms with Gasteiger partial charge in [-0.05, 0) is 24.6 Å². The SMILES string of the molecule is CCc1nn(C)cc1CNc1cnn(-c2cccc(C(F)(F)F)c2)c(=O)c1Cl. The summed E-state index contributed by atoms with van der Waals surface area (Å²) in [6.45, 7) is 2.36. The molecule has 2 heterocycles. The number of anilines is 1. The Kier molecular flexibility index (Phi) is 5.46. The lowest BCUT2D eigenvalue weighted by molar-refractivity contribution is -0.137. The van der Waals surface area contributed by atoms with Crippen LogP contribution in [-0.4, -0.2) is 19.6 Å². The molecule has 28 heavy (non-hydrogen) atoms. The van der Waals surface area contributed by atoms with Crippen LogP contribution in [0, 0.1) is 0 Å². The van der Waals surface area contributed by atoms with E-state index in [2.05, 4.69) is 15.5 Å². The van der Waals surface area contributed by atoms with Gasteiger partial charge in [0, 0.05) is 25.4 Å². The van der Waals surface area contributed by atoms with E-state index in [1.165, 1.54) is 18.3 Å². The zero-order valence-electron chi connectivity index (χ0n) is 15.1. The number of benzene rings is 1. The van der Waals surface area contributed by atoms with Gasteiger partial charge in [0.1, 0.15) is 5.02 Å². The molecule has 0 radical (unpaired) electrons. The molecule has 10 heteroatoms. The third kappa shape index (κ3) is 4.04. The Morgan fingerprint density at radius 3 is 2.71 bits per heavy atom. The average Bonchev–Trinajstić information content (AvgIpc) is 3.02. The molecule has 0 saturated heterocycles. The van der Waals surface area contributed by atoms with Crippen LogP contribution in [-0.2, 0) is 26.2 Å². The second-order valence-corrected chi connectivity index (χ2v) is 6.50. The van der Waals surface area contributed by atoms with Crippen LogP contribution in [0.15, 0.2) is 41.5 Å². The monoisotopic (exact) mass is 411 g/mol. The van der Waals surface area contributed by atoms with Crippen molar-refractivity contribution >= 4 is 17.3 Å². The molecule has 0 fully saturated rings. The first-order valence-electron chi connectivity index (χ1n) is 8.41. The van der Waals surface area contributed by atoms with Gasteiger partial charge in [0.2, 0.25) is 0 Å². The second-order valence-electron chi connectivity index (χ2n) is 6.12. The van der Waals surface area contributed by atoms with E-state index in [4.69, 9.17) is 11.6 Å². The molecule has 0 aliphatic heterocycles. The van der Waals surface area contributed by atoms with Crippen molar-refractivity contribution in [3.05, 3.63) is 68.9 Å². The lowest BCUT2D eigenvalue weighted by Crippen LogP contribution is -2.23. The van der Waals surface area contributed by atoms with Crippen molar-refractivity contribution in [2.24, 2.45) is 7.05 Å². The standard InChI is InChI=1S/C18H17ClF3N5O/c1-3-14-11(10-26(2)25-14)8-23-15-9-24-27(17(28)16(15)19)13-6-4-5-12(7-13)18(20,21)22/h4-7,9-10,23H,3,8H2,1-2H3. The maximum Gasteiger partial charge on any atom is 0.416 e. The minimum Gasteiger partial charge on any atom is -0.378 e. The molecule has 148 valence electrons. The predicted molar refractivity (Wildman–Crippen MR) is 99.8 cm³/mol. The molecule has 0 amide bonds. The summed E-state index contributed by atoms with van der Waals surface area (Å²) >= 11 is 6.14. The maximum absolute atomic E-state index is 12.9. The minimum atomic E-state index is -4.52. The number of hydrogen-bond acceptors (Lipinski definition) is 4. The molecule has 0 saturated carbocycles. The zero-order valence-corrected chi connectivity index (χ0v) is 15.8. The molecule has 0 aliphatic carbocycles. The molecule has 0 aliphatic rings. The summed E-state index contributed by atoms with van der Waals surface area (Å²) in [7, 11) is 1.81. The van der Waals surface area contributed by atoms with Crippen LogP contribution in [0.5, 0.6) is 0 Å². The number of aromatic nitrogens is 4. The predicted octanol–water partition coefficient (Wildman–Crippen LogP) is 3.81. The molecule has 1 aromatic carbocycles. The van der Waals surface area contributed by atoms with Crippen molar-refractivity contribution in [3.63, 3.8) is 0 Å². The van der Waals surface area contributed by atoms with Crippen molar-refractivity contribution in [1.29, 1.82) is 0 Å². The van der Waals surface area contributed by atoms with Crippen LogP contribution in [0.4, 0.5) is 18.9 Å². The van der Waals surface area contributed by atoms with Crippen LogP contribution in [0.25, 0.3) is 5.69 Å². The second kappa shape index (κ2) is 7.67. The first kappa shape index (κ1) is 19.9. The van der Waals surface area contributed by atoms with Crippen LogP contribution < -0.4 is 10.9 Å². The highest BCUT2D eigenvalue weighted by Gasteiger charge is 2.30. The van der Waals surface area contributed by atoms with Gasteiger partial charge in [0.25, 0.3) is 5.56 Å². The van der Waals surface area contributed by atoms with Gasteiger partial charge in [0.05, 0.1) is 28.8 Å². The van der Waals surface area contributed by atoms with E-state index in [0.29, 0.717) is 12.2 Å². The smallest absolute Gasteiger partial charge is 0.378 e. The first-order valence-corrected chi connectivity index (χ1v) is 8.79. The van der Waals surface area contributed by atoms with E-state index in [1.54, 1.807) is 4.68 Å². The fourth-order valence-electron chi connectivity index (χ4n) is 2.77. The summed E-state index contributed by atoms with van der Waals surface area (Å²) in [6.07, 6.45) is -0.602. The average molecular weight is 412 g/mol. The number of alkyl halides is 3. The number of nitrogens with zero attached hydrogens (tertiary/aromatic N) is 4. The zero-order chi connectivity index (χ0) is 20.5. The van der Waals surface area contributed by atoms with E-state index >= 15 is 0 Å². The Morgan fingerprint density at radius 2 is 2.04 bits per heavy atom. The van der Waals surface area contributed by atoms with E-state index in [1.807, 2.05) is 20.2 Å². The number of hydrogen-bond donors (Lipinski definition) is 1. The van der Waals surface area contributed by atoms with Crippen molar-refractivity contribution in [2.75, 3.05) is 5.32 Å². The summed E-state index contributed by atoms with van der Waals surface area (Å²) in [4.78, 5) is 12.5. The van der Waals surface area contributed by atoms with Gasteiger partial charge in [-0.15, -0.1) is 0 Å². The Labute approximate surface area is 163 Å². The normalized spacial score (nSPS) is 11.6. The highest BCUT2D eigenvalue weighted by atomic mass is 35.5. The van der Waals surface area contributed by atoms with Gasteiger partial charge in [-0.1, -0.05) is 24.6 Å². The quantitative estimate of drug-likeness (QED) is 0.693. The van der Waals surface area contributed by atoms with Gasteiger partial charge in [-0.3, -0.25) is 9.48 Å². The Balaban J connectivity index is 1.88. The highest BCUT2D eigenvalue weighted by molar-refractivity contribution is 6.32. The molecule has 1 N–H and O–H groups in total. The third-order valence-corrected chi connectivity index (χ3v) is 4.50. The summed E-state index contributed by atoms with van der Waals surface area (Å²) in [5, 5.41) is 11.2. The molecule has 3 aromatic rings. The maximum atomic E-state index is 12.9. The Hall–Kier alpha value is -2.81. The van der Waals surface area contributed by atoms with Crippen LogP contribution >= 0.6 is 11.6 Å². The summed E-state index contributed by atoms with van der Waals surface area (Å²) < 4.78 is 41.2. The largest absolute Gasteiger partial charge is 0.416 e. The Bertz CT molecular complexity index is 1060. The molecule has 2 aromatic heterocycles. The fraction of sp³-hybridized carbons (Fsp3) is 0.278. The number of rotatable bonds is 5. The lowest BCUT2D eigenvalue weighted by atomic mass is 10.2. The van der Waals surface area contributed by atoms with Crippen molar-refractivity contribution in [3.8, 4) is 5.69 Å². The summed E-state index contributed by atoms with van der Waals surface area (Å²) in [5.41, 5.74) is 0.544. The van der Waals surface area contributed by atoms with Gasteiger partial charge in [0.15, 0.2) is 0 Å². The summed E-state index contributed by atoms with van der Waals surface area (Å²) in [5.74, 6) is 0. The number of aryl methyl sites for hydroxylation is 2. The molecule has 6 nitrogen and oxygen atoms in total. The summed E-state index contributed by atoms with van der Waals surface area (Å²) in [6, 6.07) is 4.34. The minimum absolute atomic E-state index is 0.0196. The lowest BCUT2D eigenvalue weighted by Gasteiger charge is -2.12. The van der Waals surface area contributed by atoms with Crippen LogP contribution in [0.3, 0.4) is 0 Å². The fourth-order valence-corrected chi connectivity index (χ4v) is 2.97. The molecule has 0 bridgehead atoms. The van der Waals surface area contributed by atoms with Gasteiger partial charge < -0.3 is 5.32 Å². The van der Waals surface area contributed by atoms with Gasteiger partial charge in [-0.25, -0.2) is 0 Å². The topological polar surface area (TPSA) is 64.7 Å². The van der Waals surface area contributed by atoms with Crippen molar-refractivity contribution < 1.29 is 13.2 Å². The molecular formula is C18H17ClF3N5O. The highest BCUT2D eigenvalue weighted by Crippen LogP contribution is 2.30. The molecule has 0 unspecified atom stereocenters. The van der Waals surface area contributed by atoms with Crippen molar-refractivity contribution in [2.45, 2.75) is 26.1 Å². The third-order valence-electron chi connectivity index (χ3n) is 4.13. The van der Waals surface area contributed by atoms with E-state index in [9.17, 15) is 18.0 Å². The van der Waals surface area contributed by atoms with Crippen LogP contribution in [0.2, 0.25) is 5.02 Å². The van der Waals surface area contributed by atoms with E-state index in [-0.39, 0.29) is 10.7 Å². The first-order chi connectivity index (χ1) is 13.2. The van der Waals surface area contributed by atoms with Crippen LogP contribution in [0.1, 0.15) is 23.7 Å². The van der Waals surface area contributed by atoms with E-state index in [0.717, 1.165) is 34.5 Å². The molecule has 0 atom stereocenters. The van der Waals surface area contributed by atoms with Gasteiger partial charge in [-0.2, -0.15) is 28.1 Å². The van der Waals surface area contributed by atoms with Gasteiger partial charge >= 0.3 is 6.18 Å².